The van der Waals surface area contributed by atoms with E-state index in [1.54, 1.807) is 38.4 Å². The summed E-state index contributed by atoms with van der Waals surface area (Å²) in [6.07, 6.45) is 1.02. The molecule has 0 aliphatic heterocycles. The van der Waals surface area contributed by atoms with E-state index in [0.29, 0.717) is 30.5 Å². The lowest BCUT2D eigenvalue weighted by molar-refractivity contribution is -0.121. The summed E-state index contributed by atoms with van der Waals surface area (Å²) in [5.41, 5.74) is 3.22. The van der Waals surface area contributed by atoms with Gasteiger partial charge in [-0.1, -0.05) is 24.3 Å². The van der Waals surface area contributed by atoms with Gasteiger partial charge in [-0.3, -0.25) is 9.59 Å². The van der Waals surface area contributed by atoms with Crippen LogP contribution in [0.5, 0.6) is 0 Å². The van der Waals surface area contributed by atoms with Crippen LogP contribution in [-0.2, 0) is 17.8 Å². The van der Waals surface area contributed by atoms with E-state index in [2.05, 4.69) is 11.4 Å². The highest BCUT2D eigenvalue weighted by atomic mass is 16.2. The topological polar surface area (TPSA) is 73.2 Å². The zero-order valence-corrected chi connectivity index (χ0v) is 14.5. The number of carbonyl (C=O) groups excluding carboxylic acids is 2. The van der Waals surface area contributed by atoms with E-state index >= 15 is 0 Å². The molecule has 0 radical (unpaired) electrons. The smallest absolute Gasteiger partial charge is 0.253 e. The molecule has 0 atom stereocenters. The summed E-state index contributed by atoms with van der Waals surface area (Å²) in [4.78, 5) is 25.3. The molecule has 1 N–H and O–H groups in total. The highest BCUT2D eigenvalue weighted by molar-refractivity contribution is 5.93. The van der Waals surface area contributed by atoms with Crippen molar-refractivity contribution in [3.8, 4) is 6.07 Å². The van der Waals surface area contributed by atoms with E-state index in [9.17, 15) is 9.59 Å². The van der Waals surface area contributed by atoms with Gasteiger partial charge >= 0.3 is 0 Å². The van der Waals surface area contributed by atoms with Crippen molar-refractivity contribution in [1.82, 2.24) is 10.2 Å². The molecular formula is C20H21N3O2. The number of rotatable bonds is 6. The van der Waals surface area contributed by atoms with Crippen LogP contribution < -0.4 is 5.32 Å². The van der Waals surface area contributed by atoms with Crippen LogP contribution in [0.1, 0.15) is 33.5 Å². The minimum atomic E-state index is -0.0435. The molecule has 0 aliphatic carbocycles. The standard InChI is InChI=1S/C20H21N3O2/c1-23(2)20(25)18-10-7-17(8-11-18)14-22-19(24)12-9-15-3-5-16(13-21)6-4-15/h3-8,10-11H,9,12,14H2,1-2H3,(H,22,24). The fourth-order valence-electron chi connectivity index (χ4n) is 2.32. The van der Waals surface area contributed by atoms with Gasteiger partial charge in [0.1, 0.15) is 0 Å². The molecule has 0 saturated heterocycles. The Kier molecular flexibility index (Phi) is 6.30. The summed E-state index contributed by atoms with van der Waals surface area (Å²) in [6, 6.07) is 16.5. The van der Waals surface area contributed by atoms with Gasteiger partial charge in [0, 0.05) is 32.6 Å². The van der Waals surface area contributed by atoms with Crippen LogP contribution in [-0.4, -0.2) is 30.8 Å². The zero-order valence-electron chi connectivity index (χ0n) is 14.5. The first-order valence-corrected chi connectivity index (χ1v) is 8.06. The summed E-state index contributed by atoms with van der Waals surface area (Å²) in [6.45, 7) is 0.433. The predicted molar refractivity (Wildman–Crippen MR) is 95.8 cm³/mol. The van der Waals surface area contributed by atoms with Gasteiger partial charge in [0.25, 0.3) is 5.91 Å². The molecule has 0 spiro atoms. The predicted octanol–water partition coefficient (Wildman–Crippen LogP) is 2.51. The Balaban J connectivity index is 1.79. The van der Waals surface area contributed by atoms with E-state index in [-0.39, 0.29) is 11.8 Å². The van der Waals surface area contributed by atoms with Gasteiger partial charge in [0.15, 0.2) is 0 Å². The van der Waals surface area contributed by atoms with Crippen molar-refractivity contribution >= 4 is 11.8 Å². The number of nitrogens with one attached hydrogen (secondary N) is 1. The molecule has 128 valence electrons. The quantitative estimate of drug-likeness (QED) is 0.881. The van der Waals surface area contributed by atoms with Crippen LogP contribution in [0.15, 0.2) is 48.5 Å². The maximum atomic E-state index is 12.0. The van der Waals surface area contributed by atoms with Crippen LogP contribution in [0.4, 0.5) is 0 Å². The molecule has 0 fully saturated rings. The second kappa shape index (κ2) is 8.65. The number of amides is 2. The van der Waals surface area contributed by atoms with Crippen molar-refractivity contribution in [2.75, 3.05) is 14.1 Å². The molecule has 5 heteroatoms. The first-order valence-electron chi connectivity index (χ1n) is 8.06. The minimum absolute atomic E-state index is 0.0298. The lowest BCUT2D eigenvalue weighted by Crippen LogP contribution is -2.23. The van der Waals surface area contributed by atoms with Gasteiger partial charge in [-0.05, 0) is 41.8 Å². The van der Waals surface area contributed by atoms with Gasteiger partial charge in [-0.15, -0.1) is 0 Å². The van der Waals surface area contributed by atoms with Crippen LogP contribution in [0.2, 0.25) is 0 Å². The summed E-state index contributed by atoms with van der Waals surface area (Å²) in [5, 5.41) is 11.6. The molecule has 2 aromatic rings. The Labute approximate surface area is 147 Å². The third-order valence-electron chi connectivity index (χ3n) is 3.82. The maximum absolute atomic E-state index is 12.0. The largest absolute Gasteiger partial charge is 0.352 e. The van der Waals surface area contributed by atoms with Gasteiger partial charge in [-0.2, -0.15) is 5.26 Å². The lowest BCUT2D eigenvalue weighted by atomic mass is 10.1. The first kappa shape index (κ1) is 18.2. The maximum Gasteiger partial charge on any atom is 0.253 e. The van der Waals surface area contributed by atoms with Gasteiger partial charge in [0.2, 0.25) is 5.91 Å². The van der Waals surface area contributed by atoms with Crippen molar-refractivity contribution in [2.45, 2.75) is 19.4 Å². The average Bonchev–Trinajstić information content (AvgIpc) is 2.64. The third-order valence-corrected chi connectivity index (χ3v) is 3.82. The zero-order chi connectivity index (χ0) is 18.2. The Morgan fingerprint density at radius 1 is 1.00 bits per heavy atom. The second-order valence-electron chi connectivity index (χ2n) is 5.98. The molecule has 5 nitrogen and oxygen atoms in total. The molecule has 2 rings (SSSR count). The van der Waals surface area contributed by atoms with E-state index < -0.39 is 0 Å². The SMILES string of the molecule is CN(C)C(=O)c1ccc(CNC(=O)CCc2ccc(C#N)cc2)cc1. The van der Waals surface area contributed by atoms with E-state index in [0.717, 1.165) is 11.1 Å². The Hall–Kier alpha value is -3.13. The average molecular weight is 335 g/mol. The van der Waals surface area contributed by atoms with E-state index in [1.165, 1.54) is 4.90 Å². The van der Waals surface area contributed by atoms with Gasteiger partial charge in [-0.25, -0.2) is 0 Å². The van der Waals surface area contributed by atoms with Crippen molar-refractivity contribution in [1.29, 1.82) is 5.26 Å². The van der Waals surface area contributed by atoms with Crippen molar-refractivity contribution < 1.29 is 9.59 Å². The van der Waals surface area contributed by atoms with Crippen molar-refractivity contribution in [3.63, 3.8) is 0 Å². The molecule has 25 heavy (non-hydrogen) atoms. The van der Waals surface area contributed by atoms with E-state index in [4.69, 9.17) is 5.26 Å². The fourth-order valence-corrected chi connectivity index (χ4v) is 2.32. The fraction of sp³-hybridized carbons (Fsp3) is 0.250. The summed E-state index contributed by atoms with van der Waals surface area (Å²) in [5.74, 6) is -0.0733. The lowest BCUT2D eigenvalue weighted by Gasteiger charge is -2.11. The molecule has 2 aromatic carbocycles. The Morgan fingerprint density at radius 2 is 1.60 bits per heavy atom. The number of aryl methyl sites for hydroxylation is 1. The first-order chi connectivity index (χ1) is 12.0. The number of nitrogens with zero attached hydrogens (tertiary/aromatic N) is 2. The Bertz CT molecular complexity index is 772. The van der Waals surface area contributed by atoms with Crippen LogP contribution in [0, 0.1) is 11.3 Å². The molecule has 0 saturated carbocycles. The molecule has 0 aromatic heterocycles. The highest BCUT2D eigenvalue weighted by Crippen LogP contribution is 2.08. The summed E-state index contributed by atoms with van der Waals surface area (Å²) >= 11 is 0. The summed E-state index contributed by atoms with van der Waals surface area (Å²) < 4.78 is 0. The third kappa shape index (κ3) is 5.47. The van der Waals surface area contributed by atoms with Crippen molar-refractivity contribution in [2.24, 2.45) is 0 Å². The van der Waals surface area contributed by atoms with Crippen LogP contribution in [0.25, 0.3) is 0 Å². The van der Waals surface area contributed by atoms with Crippen molar-refractivity contribution in [3.05, 3.63) is 70.8 Å². The van der Waals surface area contributed by atoms with Gasteiger partial charge in [0.05, 0.1) is 11.6 Å². The van der Waals surface area contributed by atoms with Gasteiger partial charge < -0.3 is 10.2 Å². The van der Waals surface area contributed by atoms with Crippen LogP contribution >= 0.6 is 0 Å². The summed E-state index contributed by atoms with van der Waals surface area (Å²) in [7, 11) is 3.43. The number of carbonyl (C=O) groups is 2. The molecule has 0 unspecified atom stereocenters. The van der Waals surface area contributed by atoms with Crippen LogP contribution in [0.3, 0.4) is 0 Å². The van der Waals surface area contributed by atoms with E-state index in [1.807, 2.05) is 24.3 Å². The number of hydrogen-bond acceptors (Lipinski definition) is 3. The minimum Gasteiger partial charge on any atom is -0.352 e. The molecule has 0 aliphatic rings. The molecule has 0 bridgehead atoms. The molecule has 0 heterocycles. The number of nitriles is 1. The molecule has 2 amide bonds. The Morgan fingerprint density at radius 3 is 2.16 bits per heavy atom. The normalized spacial score (nSPS) is 9.96. The monoisotopic (exact) mass is 335 g/mol. The second-order valence-corrected chi connectivity index (χ2v) is 5.98. The highest BCUT2D eigenvalue weighted by Gasteiger charge is 2.08. The number of hydrogen-bond donors (Lipinski definition) is 1. The number of benzene rings is 2. The molecular weight excluding hydrogens is 314 g/mol.